The summed E-state index contributed by atoms with van der Waals surface area (Å²) in [6.07, 6.45) is 2.36. The Bertz CT molecular complexity index is 466. The molecule has 2 N–H and O–H groups in total. The van der Waals surface area contributed by atoms with E-state index in [-0.39, 0.29) is 5.92 Å². The fraction of sp³-hybridized carbons (Fsp3) is 0.636. The van der Waals surface area contributed by atoms with Gasteiger partial charge in [-0.1, -0.05) is 19.0 Å². The van der Waals surface area contributed by atoms with Crippen LogP contribution in [0.25, 0.3) is 11.6 Å². The van der Waals surface area contributed by atoms with E-state index in [1.54, 1.807) is 0 Å². The molecule has 0 saturated heterocycles. The van der Waals surface area contributed by atoms with Crippen molar-refractivity contribution in [1.82, 2.24) is 30.6 Å². The summed E-state index contributed by atoms with van der Waals surface area (Å²) in [6, 6.07) is 0.294. The van der Waals surface area contributed by atoms with Crippen molar-refractivity contribution in [3.8, 4) is 11.6 Å². The molecule has 2 aromatic heterocycles. The van der Waals surface area contributed by atoms with Gasteiger partial charge in [0, 0.05) is 6.04 Å². The maximum Gasteiger partial charge on any atom is 0.239 e. The molecule has 18 heavy (non-hydrogen) atoms. The average Bonchev–Trinajstić information content (AvgIpc) is 3.00. The molecule has 2 heterocycles. The topological polar surface area (TPSA) is 92.5 Å². The summed E-state index contributed by atoms with van der Waals surface area (Å²) in [6.45, 7) is 7.23. The summed E-state index contributed by atoms with van der Waals surface area (Å²) in [5.74, 6) is 1.81. The van der Waals surface area contributed by atoms with Crippen LogP contribution in [0.15, 0.2) is 10.9 Å². The Morgan fingerprint density at radius 1 is 1.44 bits per heavy atom. The summed E-state index contributed by atoms with van der Waals surface area (Å²) in [5, 5.41) is 13.8. The molecule has 0 bridgehead atoms. The van der Waals surface area contributed by atoms with Gasteiger partial charge in [-0.25, -0.2) is 4.98 Å². The van der Waals surface area contributed by atoms with E-state index in [0.717, 1.165) is 13.0 Å². The molecule has 0 fully saturated rings. The molecule has 7 nitrogen and oxygen atoms in total. The highest BCUT2D eigenvalue weighted by molar-refractivity contribution is 5.39. The number of nitrogens with one attached hydrogen (secondary N) is 2. The van der Waals surface area contributed by atoms with Gasteiger partial charge in [-0.2, -0.15) is 10.1 Å². The summed E-state index contributed by atoms with van der Waals surface area (Å²) < 4.78 is 5.32. The summed E-state index contributed by atoms with van der Waals surface area (Å²) >= 11 is 0. The molecule has 0 spiro atoms. The quantitative estimate of drug-likeness (QED) is 0.803. The van der Waals surface area contributed by atoms with Crippen molar-refractivity contribution in [3.05, 3.63) is 12.2 Å². The first-order valence-electron chi connectivity index (χ1n) is 6.19. The molecule has 0 aromatic carbocycles. The Morgan fingerprint density at radius 3 is 2.89 bits per heavy atom. The molecule has 7 heteroatoms. The fourth-order valence-electron chi connectivity index (χ4n) is 2.00. The number of rotatable bonds is 6. The summed E-state index contributed by atoms with van der Waals surface area (Å²) in [4.78, 5) is 8.37. The Kier molecular flexibility index (Phi) is 4.03. The standard InChI is InChI=1S/C11H18N6O/c1-4-8(7(3)12-5-2)11-15-10(17-18-11)9-13-6-14-16-9/h6-8,12H,4-5H2,1-3H3,(H,13,14,16). The minimum atomic E-state index is 0.203. The second kappa shape index (κ2) is 5.72. The highest BCUT2D eigenvalue weighted by Gasteiger charge is 2.23. The monoisotopic (exact) mass is 250 g/mol. The van der Waals surface area contributed by atoms with Crippen molar-refractivity contribution in [2.24, 2.45) is 0 Å². The number of H-pyrrole nitrogens is 1. The van der Waals surface area contributed by atoms with E-state index in [2.05, 4.69) is 51.4 Å². The van der Waals surface area contributed by atoms with Crippen LogP contribution in [0, 0.1) is 0 Å². The largest absolute Gasteiger partial charge is 0.338 e. The molecule has 2 atom stereocenters. The fourth-order valence-corrected chi connectivity index (χ4v) is 2.00. The van der Waals surface area contributed by atoms with Gasteiger partial charge in [-0.3, -0.25) is 5.10 Å². The lowest BCUT2D eigenvalue weighted by Crippen LogP contribution is -2.31. The van der Waals surface area contributed by atoms with Gasteiger partial charge in [0.05, 0.1) is 5.92 Å². The maximum absolute atomic E-state index is 5.32. The highest BCUT2D eigenvalue weighted by atomic mass is 16.5. The van der Waals surface area contributed by atoms with Crippen molar-refractivity contribution in [2.45, 2.75) is 39.2 Å². The van der Waals surface area contributed by atoms with Gasteiger partial charge < -0.3 is 9.84 Å². The number of likely N-dealkylation sites (N-methyl/N-ethyl adjacent to an activating group) is 1. The minimum Gasteiger partial charge on any atom is -0.338 e. The Labute approximate surface area is 105 Å². The third kappa shape index (κ3) is 2.56. The van der Waals surface area contributed by atoms with E-state index in [0.29, 0.717) is 23.6 Å². The molecule has 0 radical (unpaired) electrons. The third-order valence-electron chi connectivity index (χ3n) is 2.96. The van der Waals surface area contributed by atoms with Crippen molar-refractivity contribution < 1.29 is 4.52 Å². The zero-order valence-corrected chi connectivity index (χ0v) is 10.8. The predicted molar refractivity (Wildman–Crippen MR) is 65.8 cm³/mol. The maximum atomic E-state index is 5.32. The lowest BCUT2D eigenvalue weighted by Gasteiger charge is -2.19. The van der Waals surface area contributed by atoms with Crippen LogP contribution < -0.4 is 5.32 Å². The molecule has 0 saturated carbocycles. The lowest BCUT2D eigenvalue weighted by atomic mass is 9.98. The minimum absolute atomic E-state index is 0.203. The van der Waals surface area contributed by atoms with Crippen molar-refractivity contribution in [3.63, 3.8) is 0 Å². The van der Waals surface area contributed by atoms with Gasteiger partial charge >= 0.3 is 0 Å². The number of aromatic nitrogens is 5. The van der Waals surface area contributed by atoms with Gasteiger partial charge in [0.15, 0.2) is 5.82 Å². The number of hydrogen-bond acceptors (Lipinski definition) is 6. The SMILES string of the molecule is CCNC(C)C(CC)c1nc(-c2ncn[nH]2)no1. The van der Waals surface area contributed by atoms with Crippen molar-refractivity contribution in [2.75, 3.05) is 6.54 Å². The first-order valence-corrected chi connectivity index (χ1v) is 6.19. The van der Waals surface area contributed by atoms with Crippen LogP contribution in [0.2, 0.25) is 0 Å². The molecule has 98 valence electrons. The summed E-state index contributed by atoms with van der Waals surface area (Å²) in [5.41, 5.74) is 0. The number of nitrogens with zero attached hydrogens (tertiary/aromatic N) is 4. The lowest BCUT2D eigenvalue weighted by molar-refractivity contribution is 0.318. The van der Waals surface area contributed by atoms with Crippen LogP contribution in [-0.4, -0.2) is 37.9 Å². The van der Waals surface area contributed by atoms with Crippen molar-refractivity contribution in [1.29, 1.82) is 0 Å². The third-order valence-corrected chi connectivity index (χ3v) is 2.96. The second-order valence-electron chi connectivity index (χ2n) is 4.15. The van der Waals surface area contributed by atoms with Gasteiger partial charge in [0.1, 0.15) is 6.33 Å². The highest BCUT2D eigenvalue weighted by Crippen LogP contribution is 2.23. The Morgan fingerprint density at radius 2 is 2.28 bits per heavy atom. The van der Waals surface area contributed by atoms with E-state index < -0.39 is 0 Å². The van der Waals surface area contributed by atoms with Crippen molar-refractivity contribution >= 4 is 0 Å². The summed E-state index contributed by atoms with van der Waals surface area (Å²) in [7, 11) is 0. The molecule has 2 unspecified atom stereocenters. The smallest absolute Gasteiger partial charge is 0.239 e. The van der Waals surface area contributed by atoms with E-state index >= 15 is 0 Å². The molecule has 0 amide bonds. The predicted octanol–water partition coefficient (Wildman–Crippen LogP) is 1.35. The molecule has 0 aliphatic heterocycles. The van der Waals surface area contributed by atoms with E-state index in [1.807, 2.05) is 0 Å². The average molecular weight is 250 g/mol. The Balaban J connectivity index is 2.17. The van der Waals surface area contributed by atoms with E-state index in [1.165, 1.54) is 6.33 Å². The van der Waals surface area contributed by atoms with Gasteiger partial charge in [0.2, 0.25) is 11.7 Å². The Hall–Kier alpha value is -1.76. The van der Waals surface area contributed by atoms with Crippen LogP contribution in [-0.2, 0) is 0 Å². The normalized spacial score (nSPS) is 14.6. The molecule has 2 rings (SSSR count). The molecule has 0 aliphatic carbocycles. The zero-order valence-electron chi connectivity index (χ0n) is 10.8. The van der Waals surface area contributed by atoms with E-state index in [9.17, 15) is 0 Å². The molecule has 2 aromatic rings. The first-order chi connectivity index (χ1) is 8.76. The molecule has 0 aliphatic rings. The zero-order chi connectivity index (χ0) is 13.0. The van der Waals surface area contributed by atoms with E-state index in [4.69, 9.17) is 4.52 Å². The van der Waals surface area contributed by atoms with Crippen LogP contribution in [0.5, 0.6) is 0 Å². The number of hydrogen-bond donors (Lipinski definition) is 2. The van der Waals surface area contributed by atoms with Crippen LogP contribution in [0.3, 0.4) is 0 Å². The van der Waals surface area contributed by atoms with Gasteiger partial charge in [0.25, 0.3) is 0 Å². The van der Waals surface area contributed by atoms with Gasteiger partial charge in [-0.15, -0.1) is 0 Å². The second-order valence-corrected chi connectivity index (χ2v) is 4.15. The van der Waals surface area contributed by atoms with Crippen LogP contribution >= 0.6 is 0 Å². The van der Waals surface area contributed by atoms with Gasteiger partial charge in [-0.05, 0) is 19.9 Å². The molecular weight excluding hydrogens is 232 g/mol. The van der Waals surface area contributed by atoms with Crippen LogP contribution in [0.4, 0.5) is 0 Å². The van der Waals surface area contributed by atoms with Crippen LogP contribution in [0.1, 0.15) is 39.0 Å². The number of aromatic amines is 1. The molecular formula is C11H18N6O. The first kappa shape index (κ1) is 12.7.